The molecule has 0 aromatic heterocycles. The van der Waals surface area contributed by atoms with Gasteiger partial charge in [-0.25, -0.2) is 0 Å². The Bertz CT molecular complexity index is 511. The summed E-state index contributed by atoms with van der Waals surface area (Å²) in [5.41, 5.74) is 5.50. The minimum absolute atomic E-state index is 0.900. The van der Waals surface area contributed by atoms with E-state index in [1.165, 1.54) is 54.4 Å². The fourth-order valence-corrected chi connectivity index (χ4v) is 3.15. The van der Waals surface area contributed by atoms with Crippen LogP contribution in [-0.4, -0.2) is 0 Å². The van der Waals surface area contributed by atoms with Crippen LogP contribution in [0.1, 0.15) is 63.1 Å². The molecule has 1 aliphatic carbocycles. The second kappa shape index (κ2) is 10.2. The fourth-order valence-electron chi connectivity index (χ4n) is 3.15. The quantitative estimate of drug-likeness (QED) is 0.518. The van der Waals surface area contributed by atoms with Crippen LogP contribution in [-0.2, 0) is 6.42 Å². The number of benzene rings is 1. The lowest BCUT2D eigenvalue weighted by Crippen LogP contribution is -2.01. The molecule has 1 aromatic rings. The Balaban J connectivity index is 0.00000116. The fraction of sp³-hybridized carbons (Fsp3) is 0.455. The number of hydrogen-bond donors (Lipinski definition) is 0. The molecule has 0 unspecified atom stereocenters. The molecule has 0 nitrogen and oxygen atoms in total. The van der Waals surface area contributed by atoms with E-state index in [1.807, 2.05) is 19.9 Å². The molecule has 120 valence electrons. The predicted molar refractivity (Wildman–Crippen MR) is 101 cm³/mol. The molecule has 0 N–H and O–H groups in total. The van der Waals surface area contributed by atoms with Crippen LogP contribution in [0.4, 0.5) is 0 Å². The van der Waals surface area contributed by atoms with Crippen molar-refractivity contribution in [3.05, 3.63) is 65.8 Å². The molecule has 1 saturated carbocycles. The molecule has 0 aliphatic heterocycles. The normalized spacial score (nSPS) is 15.7. The summed E-state index contributed by atoms with van der Waals surface area (Å²) < 4.78 is 0. The Labute approximate surface area is 137 Å². The minimum atomic E-state index is 0.900. The molecule has 0 radical (unpaired) electrons. The van der Waals surface area contributed by atoms with Crippen LogP contribution in [0.25, 0.3) is 5.57 Å². The van der Waals surface area contributed by atoms with Gasteiger partial charge in [0.05, 0.1) is 0 Å². The van der Waals surface area contributed by atoms with Crippen molar-refractivity contribution in [3.8, 4) is 0 Å². The van der Waals surface area contributed by atoms with Crippen LogP contribution in [0.5, 0.6) is 0 Å². The van der Waals surface area contributed by atoms with Crippen LogP contribution in [0.2, 0.25) is 0 Å². The highest BCUT2D eigenvalue weighted by molar-refractivity contribution is 5.75. The Morgan fingerprint density at radius 2 is 1.91 bits per heavy atom. The van der Waals surface area contributed by atoms with E-state index in [0.717, 1.165) is 5.92 Å². The summed E-state index contributed by atoms with van der Waals surface area (Å²) in [5, 5.41) is 0. The maximum Gasteiger partial charge on any atom is -0.0181 e. The molecule has 1 aliphatic rings. The first kappa shape index (κ1) is 18.5. The van der Waals surface area contributed by atoms with Crippen molar-refractivity contribution in [2.24, 2.45) is 5.92 Å². The summed E-state index contributed by atoms with van der Waals surface area (Å²) in [6.07, 6.45) is 15.1. The molecule has 2 rings (SSSR count). The summed E-state index contributed by atoms with van der Waals surface area (Å²) in [6, 6.07) is 6.87. The molecule has 1 fully saturated rings. The monoisotopic (exact) mass is 296 g/mol. The number of aryl methyl sites for hydroxylation is 1. The van der Waals surface area contributed by atoms with Gasteiger partial charge in [-0.3, -0.25) is 0 Å². The van der Waals surface area contributed by atoms with Crippen LogP contribution < -0.4 is 0 Å². The lowest BCUT2D eigenvalue weighted by molar-refractivity contribution is 0.545. The maximum absolute atomic E-state index is 3.82. The van der Waals surface area contributed by atoms with Gasteiger partial charge in [-0.2, -0.15) is 0 Å². The molecule has 0 heterocycles. The zero-order valence-electron chi connectivity index (χ0n) is 14.9. The molecule has 0 bridgehead atoms. The third kappa shape index (κ3) is 5.33. The Morgan fingerprint density at radius 3 is 2.50 bits per heavy atom. The van der Waals surface area contributed by atoms with Gasteiger partial charge < -0.3 is 0 Å². The second-order valence-corrected chi connectivity index (χ2v) is 5.85. The zero-order valence-corrected chi connectivity index (χ0v) is 14.9. The molecule has 0 saturated heterocycles. The topological polar surface area (TPSA) is 0 Å². The van der Waals surface area contributed by atoms with Gasteiger partial charge in [-0.15, -0.1) is 0 Å². The third-order valence-electron chi connectivity index (χ3n) is 4.31. The van der Waals surface area contributed by atoms with E-state index in [4.69, 9.17) is 0 Å². The Morgan fingerprint density at radius 1 is 1.23 bits per heavy atom. The van der Waals surface area contributed by atoms with Gasteiger partial charge >= 0.3 is 0 Å². The molecule has 0 spiro atoms. The SMILES string of the molecule is C=C/C=C(\C=C/C)c1ccc(C)c(CC2CCCC2)c1.CC. The van der Waals surface area contributed by atoms with Crippen molar-refractivity contribution in [2.45, 2.75) is 59.8 Å². The van der Waals surface area contributed by atoms with Gasteiger partial charge in [-0.05, 0) is 48.4 Å². The van der Waals surface area contributed by atoms with Gasteiger partial charge in [0.15, 0.2) is 0 Å². The van der Waals surface area contributed by atoms with Crippen LogP contribution >= 0.6 is 0 Å². The first-order chi connectivity index (χ1) is 10.7. The van der Waals surface area contributed by atoms with Crippen LogP contribution in [0.3, 0.4) is 0 Å². The first-order valence-electron chi connectivity index (χ1n) is 8.80. The second-order valence-electron chi connectivity index (χ2n) is 5.85. The largest absolute Gasteiger partial charge is 0.0990 e. The number of hydrogen-bond acceptors (Lipinski definition) is 0. The van der Waals surface area contributed by atoms with Gasteiger partial charge in [0.25, 0.3) is 0 Å². The van der Waals surface area contributed by atoms with Gasteiger partial charge in [-0.1, -0.05) is 88.6 Å². The molecule has 0 heteroatoms. The smallest absolute Gasteiger partial charge is 0.0181 e. The summed E-state index contributed by atoms with van der Waals surface area (Å²) in [4.78, 5) is 0. The van der Waals surface area contributed by atoms with Gasteiger partial charge in [0.2, 0.25) is 0 Å². The standard InChI is InChI=1S/C20H26.C2H6/c1-4-8-18(9-5-2)19-13-12-16(3)20(15-19)14-17-10-6-7-11-17;1-2/h4-5,8-9,12-13,15,17H,1,6-7,10-11,14H2,2-3H3;1-2H3/b9-5-,18-8+;. The Hall–Kier alpha value is -1.56. The zero-order chi connectivity index (χ0) is 16.4. The summed E-state index contributed by atoms with van der Waals surface area (Å²) in [7, 11) is 0. The summed E-state index contributed by atoms with van der Waals surface area (Å²) in [5.74, 6) is 0.900. The third-order valence-corrected chi connectivity index (χ3v) is 4.31. The van der Waals surface area contributed by atoms with E-state index in [2.05, 4.69) is 56.9 Å². The Kier molecular flexibility index (Phi) is 8.58. The van der Waals surface area contributed by atoms with Crippen molar-refractivity contribution in [3.63, 3.8) is 0 Å². The number of rotatable bonds is 5. The highest BCUT2D eigenvalue weighted by Gasteiger charge is 2.16. The lowest BCUT2D eigenvalue weighted by Gasteiger charge is -2.13. The van der Waals surface area contributed by atoms with E-state index in [9.17, 15) is 0 Å². The van der Waals surface area contributed by atoms with Crippen LogP contribution in [0, 0.1) is 12.8 Å². The maximum atomic E-state index is 3.82. The molecule has 1 aromatic carbocycles. The van der Waals surface area contributed by atoms with E-state index < -0.39 is 0 Å². The van der Waals surface area contributed by atoms with E-state index >= 15 is 0 Å². The van der Waals surface area contributed by atoms with Crippen molar-refractivity contribution in [1.82, 2.24) is 0 Å². The molecule has 0 atom stereocenters. The highest BCUT2D eigenvalue weighted by atomic mass is 14.2. The molecule has 22 heavy (non-hydrogen) atoms. The minimum Gasteiger partial charge on any atom is -0.0990 e. The highest BCUT2D eigenvalue weighted by Crippen LogP contribution is 2.30. The average Bonchev–Trinajstić information content (AvgIpc) is 3.04. The van der Waals surface area contributed by atoms with Crippen molar-refractivity contribution < 1.29 is 0 Å². The van der Waals surface area contributed by atoms with Gasteiger partial charge in [0.1, 0.15) is 0 Å². The summed E-state index contributed by atoms with van der Waals surface area (Å²) >= 11 is 0. The molecular weight excluding hydrogens is 264 g/mol. The predicted octanol–water partition coefficient (Wildman–Crippen LogP) is 6.90. The van der Waals surface area contributed by atoms with E-state index in [0.29, 0.717) is 0 Å². The molecular formula is C22H32. The van der Waals surface area contributed by atoms with Crippen molar-refractivity contribution in [1.29, 1.82) is 0 Å². The summed E-state index contributed by atoms with van der Waals surface area (Å²) in [6.45, 7) is 12.1. The van der Waals surface area contributed by atoms with E-state index in [1.54, 1.807) is 0 Å². The number of allylic oxidation sites excluding steroid dienone is 5. The van der Waals surface area contributed by atoms with Gasteiger partial charge in [0, 0.05) is 0 Å². The van der Waals surface area contributed by atoms with Crippen molar-refractivity contribution >= 4 is 5.57 Å². The van der Waals surface area contributed by atoms with E-state index in [-0.39, 0.29) is 0 Å². The first-order valence-corrected chi connectivity index (χ1v) is 8.80. The average molecular weight is 296 g/mol. The van der Waals surface area contributed by atoms with Crippen LogP contribution in [0.15, 0.2) is 49.1 Å². The molecule has 0 amide bonds. The van der Waals surface area contributed by atoms with Crippen molar-refractivity contribution in [2.75, 3.05) is 0 Å². The lowest BCUT2D eigenvalue weighted by atomic mass is 9.92.